The second-order valence-electron chi connectivity index (χ2n) is 7.63. The van der Waals surface area contributed by atoms with Crippen LogP contribution >= 0.6 is 0 Å². The Kier molecular flexibility index (Phi) is 5.51. The molecular formula is C22H26N4O3. The van der Waals surface area contributed by atoms with E-state index < -0.39 is 5.54 Å². The van der Waals surface area contributed by atoms with E-state index in [1.165, 1.54) is 0 Å². The van der Waals surface area contributed by atoms with Crippen molar-refractivity contribution in [3.8, 4) is 0 Å². The predicted molar refractivity (Wildman–Crippen MR) is 112 cm³/mol. The molecule has 4 N–H and O–H groups in total. The van der Waals surface area contributed by atoms with E-state index in [9.17, 15) is 9.59 Å². The summed E-state index contributed by atoms with van der Waals surface area (Å²) in [6.45, 7) is 2.14. The highest BCUT2D eigenvalue weighted by atomic mass is 16.5. The molecule has 3 amide bonds. The maximum Gasteiger partial charge on any atom is 0.323 e. The monoisotopic (exact) mass is 394 g/mol. The fourth-order valence-electron chi connectivity index (χ4n) is 3.97. The number of hydrogen-bond donors (Lipinski definition) is 3. The van der Waals surface area contributed by atoms with Crippen LogP contribution in [0.1, 0.15) is 24.0 Å². The molecule has 7 heteroatoms. The number of hydrogen-bond acceptors (Lipinski definition) is 4. The van der Waals surface area contributed by atoms with Gasteiger partial charge in [0.15, 0.2) is 0 Å². The standard InChI is InChI=1S/C22H26N4O3/c23-22(10-13-29-14-11-22)20(27)26-12-9-18-16(15-26)5-4-8-19(18)25-21(28)24-17-6-2-1-3-7-17/h1-8H,9-15,23H2,(H2,24,25,28). The van der Waals surface area contributed by atoms with E-state index in [0.29, 0.717) is 45.6 Å². The molecule has 0 aliphatic carbocycles. The number of para-hydroxylation sites is 1. The average molecular weight is 394 g/mol. The molecule has 4 rings (SSSR count). The molecule has 29 heavy (non-hydrogen) atoms. The summed E-state index contributed by atoms with van der Waals surface area (Å²) in [5.74, 6) is -0.00775. The van der Waals surface area contributed by atoms with Crippen LogP contribution < -0.4 is 16.4 Å². The van der Waals surface area contributed by atoms with E-state index in [0.717, 1.165) is 22.5 Å². The van der Waals surface area contributed by atoms with Crippen LogP contribution in [0.3, 0.4) is 0 Å². The summed E-state index contributed by atoms with van der Waals surface area (Å²) in [6.07, 6.45) is 1.78. The van der Waals surface area contributed by atoms with E-state index in [1.807, 2.05) is 53.4 Å². The summed E-state index contributed by atoms with van der Waals surface area (Å²) >= 11 is 0. The molecular weight excluding hydrogens is 368 g/mol. The Morgan fingerprint density at radius 1 is 1.00 bits per heavy atom. The van der Waals surface area contributed by atoms with Gasteiger partial charge in [-0.05, 0) is 48.6 Å². The van der Waals surface area contributed by atoms with Crippen LogP contribution in [0.15, 0.2) is 48.5 Å². The first-order valence-corrected chi connectivity index (χ1v) is 9.95. The second-order valence-corrected chi connectivity index (χ2v) is 7.63. The van der Waals surface area contributed by atoms with Gasteiger partial charge in [-0.25, -0.2) is 4.79 Å². The zero-order chi connectivity index (χ0) is 20.3. The maximum absolute atomic E-state index is 13.0. The first-order valence-electron chi connectivity index (χ1n) is 9.95. The Labute approximate surface area is 170 Å². The minimum Gasteiger partial charge on any atom is -0.381 e. The minimum atomic E-state index is -0.832. The van der Waals surface area contributed by atoms with Crippen molar-refractivity contribution in [2.45, 2.75) is 31.3 Å². The zero-order valence-electron chi connectivity index (χ0n) is 16.3. The van der Waals surface area contributed by atoms with E-state index in [4.69, 9.17) is 10.5 Å². The third kappa shape index (κ3) is 4.26. The molecule has 0 unspecified atom stereocenters. The van der Waals surface area contributed by atoms with Crippen molar-refractivity contribution in [3.05, 3.63) is 59.7 Å². The molecule has 2 aromatic rings. The molecule has 152 valence electrons. The molecule has 2 aliphatic heterocycles. The molecule has 0 saturated carbocycles. The molecule has 1 fully saturated rings. The van der Waals surface area contributed by atoms with Crippen molar-refractivity contribution in [1.82, 2.24) is 4.90 Å². The van der Waals surface area contributed by atoms with Gasteiger partial charge in [0.2, 0.25) is 5.91 Å². The molecule has 1 saturated heterocycles. The number of nitrogens with two attached hydrogens (primary N) is 1. The SMILES string of the molecule is NC1(C(=O)N2CCc3c(cccc3NC(=O)Nc3ccccc3)C2)CCOCC1. The van der Waals surface area contributed by atoms with Crippen LogP contribution in [0, 0.1) is 0 Å². The molecule has 0 spiro atoms. The minimum absolute atomic E-state index is 0.00775. The van der Waals surface area contributed by atoms with E-state index in [2.05, 4.69) is 10.6 Å². The summed E-state index contributed by atoms with van der Waals surface area (Å²) in [5, 5.41) is 5.77. The molecule has 0 atom stereocenters. The molecule has 0 aromatic heterocycles. The van der Waals surface area contributed by atoms with Gasteiger partial charge in [-0.2, -0.15) is 0 Å². The lowest BCUT2D eigenvalue weighted by Gasteiger charge is -2.39. The summed E-state index contributed by atoms with van der Waals surface area (Å²) in [5.41, 5.74) is 9.17. The van der Waals surface area contributed by atoms with E-state index >= 15 is 0 Å². The number of carbonyl (C=O) groups is 2. The average Bonchev–Trinajstić information content (AvgIpc) is 2.74. The third-order valence-electron chi connectivity index (χ3n) is 5.64. The van der Waals surface area contributed by atoms with Crippen molar-refractivity contribution in [2.24, 2.45) is 5.73 Å². The quantitative estimate of drug-likeness (QED) is 0.746. The smallest absolute Gasteiger partial charge is 0.323 e. The van der Waals surface area contributed by atoms with Crippen molar-refractivity contribution >= 4 is 23.3 Å². The molecule has 7 nitrogen and oxygen atoms in total. The predicted octanol–water partition coefficient (Wildman–Crippen LogP) is 2.72. The number of anilines is 2. The third-order valence-corrected chi connectivity index (χ3v) is 5.64. The number of benzene rings is 2. The highest BCUT2D eigenvalue weighted by Crippen LogP contribution is 2.29. The zero-order valence-corrected chi connectivity index (χ0v) is 16.3. The first kappa shape index (κ1) is 19.4. The Balaban J connectivity index is 1.45. The van der Waals surface area contributed by atoms with Crippen LogP contribution in [0.2, 0.25) is 0 Å². The summed E-state index contributed by atoms with van der Waals surface area (Å²) in [7, 11) is 0. The Morgan fingerprint density at radius 3 is 2.52 bits per heavy atom. The lowest BCUT2D eigenvalue weighted by atomic mass is 9.88. The molecule has 0 radical (unpaired) electrons. The number of carbonyl (C=O) groups excluding carboxylic acids is 2. The number of urea groups is 1. The first-order chi connectivity index (χ1) is 14.0. The number of nitrogens with one attached hydrogen (secondary N) is 2. The van der Waals surface area contributed by atoms with Crippen molar-refractivity contribution in [2.75, 3.05) is 30.4 Å². The number of rotatable bonds is 3. The lowest BCUT2D eigenvalue weighted by Crippen LogP contribution is -2.58. The van der Waals surface area contributed by atoms with E-state index in [-0.39, 0.29) is 11.9 Å². The fraction of sp³-hybridized carbons (Fsp3) is 0.364. The second kappa shape index (κ2) is 8.23. The van der Waals surface area contributed by atoms with Crippen molar-refractivity contribution in [3.63, 3.8) is 0 Å². The Bertz CT molecular complexity index is 894. The van der Waals surface area contributed by atoms with Gasteiger partial charge in [0.1, 0.15) is 0 Å². The van der Waals surface area contributed by atoms with Crippen LogP contribution in [0.5, 0.6) is 0 Å². The fourth-order valence-corrected chi connectivity index (χ4v) is 3.97. The summed E-state index contributed by atoms with van der Waals surface area (Å²) < 4.78 is 5.36. The number of nitrogens with zero attached hydrogens (tertiary/aromatic N) is 1. The number of amides is 3. The molecule has 2 heterocycles. The van der Waals surface area contributed by atoms with Crippen molar-refractivity contribution in [1.29, 1.82) is 0 Å². The van der Waals surface area contributed by atoms with Gasteiger partial charge in [-0.3, -0.25) is 4.79 Å². The summed E-state index contributed by atoms with van der Waals surface area (Å²) in [6, 6.07) is 14.8. The molecule has 2 aliphatic rings. The van der Waals surface area contributed by atoms with Gasteiger partial charge in [0.25, 0.3) is 0 Å². The number of fused-ring (bicyclic) bond motifs is 1. The normalized spacial score (nSPS) is 17.9. The van der Waals surface area contributed by atoms with Gasteiger partial charge in [-0.15, -0.1) is 0 Å². The molecule has 0 bridgehead atoms. The van der Waals surface area contributed by atoms with Crippen LogP contribution in [0.25, 0.3) is 0 Å². The number of ether oxygens (including phenoxy) is 1. The summed E-state index contributed by atoms with van der Waals surface area (Å²) in [4.78, 5) is 27.2. The van der Waals surface area contributed by atoms with Gasteiger partial charge in [0.05, 0.1) is 5.54 Å². The van der Waals surface area contributed by atoms with Gasteiger partial charge in [-0.1, -0.05) is 30.3 Å². The molecule has 2 aromatic carbocycles. The van der Waals surface area contributed by atoms with Crippen LogP contribution in [0.4, 0.5) is 16.2 Å². The van der Waals surface area contributed by atoms with Crippen LogP contribution in [-0.2, 0) is 22.5 Å². The van der Waals surface area contributed by atoms with Gasteiger partial charge < -0.3 is 26.0 Å². The van der Waals surface area contributed by atoms with Crippen molar-refractivity contribution < 1.29 is 14.3 Å². The van der Waals surface area contributed by atoms with Gasteiger partial charge in [0, 0.05) is 37.7 Å². The van der Waals surface area contributed by atoms with Crippen LogP contribution in [-0.4, -0.2) is 42.1 Å². The highest BCUT2D eigenvalue weighted by Gasteiger charge is 2.39. The largest absolute Gasteiger partial charge is 0.381 e. The lowest BCUT2D eigenvalue weighted by molar-refractivity contribution is -0.141. The Morgan fingerprint density at radius 2 is 1.76 bits per heavy atom. The Hall–Kier alpha value is -2.90. The highest BCUT2D eigenvalue weighted by molar-refractivity contribution is 6.00. The van der Waals surface area contributed by atoms with Gasteiger partial charge >= 0.3 is 6.03 Å². The van der Waals surface area contributed by atoms with E-state index in [1.54, 1.807) is 0 Å². The topological polar surface area (TPSA) is 96.7 Å². The maximum atomic E-state index is 13.0.